The summed E-state index contributed by atoms with van der Waals surface area (Å²) in [4.78, 5) is 0. The van der Waals surface area contributed by atoms with Gasteiger partial charge in [-0.3, -0.25) is 0 Å². The maximum Gasteiger partial charge on any atom is -0.369 e. The zero-order chi connectivity index (χ0) is 0. The van der Waals surface area contributed by atoms with E-state index in [0.29, 0.717) is 0 Å². The van der Waals surface area contributed by atoms with Crippen LogP contribution in [-0.2, 0) is 0 Å². The highest BCUT2D eigenvalue weighted by atomic mass is 127. The van der Waals surface area contributed by atoms with Gasteiger partial charge >= 0.3 is 0 Å². The zero-order valence-electron chi connectivity index (χ0n) is 2.89. The van der Waals surface area contributed by atoms with Crippen molar-refractivity contribution in [3.8, 4) is 0 Å². The molecule has 0 rings (SSSR count). The van der Waals surface area contributed by atoms with E-state index >= 15 is 0 Å². The van der Waals surface area contributed by atoms with Crippen molar-refractivity contribution in [3.05, 3.63) is 0 Å². The quantitative estimate of drug-likeness (QED) is 0.346. The van der Waals surface area contributed by atoms with Crippen LogP contribution in [0.15, 0.2) is 0 Å². The molecule has 0 aliphatic heterocycles. The third-order valence-corrected chi connectivity index (χ3v) is 0. The van der Waals surface area contributed by atoms with Gasteiger partial charge in [-0.15, -0.1) is 0 Å². The molecule has 0 spiro atoms. The smallest absolute Gasteiger partial charge is 0.369 e. The second kappa shape index (κ2) is 48.8. The van der Waals surface area contributed by atoms with Gasteiger partial charge in [0.1, 0.15) is 0 Å². The number of hydrogen-bond acceptors (Lipinski definition) is 0. The van der Waals surface area contributed by atoms with Crippen LogP contribution in [0.4, 0.5) is 0 Å². The molecule has 0 atom stereocenters. The van der Waals surface area contributed by atoms with Crippen LogP contribution in [0.25, 0.3) is 0 Å². The summed E-state index contributed by atoms with van der Waals surface area (Å²) in [6.07, 6.45) is 0. The Kier molecular flexibility index (Phi) is 595. The lowest BCUT2D eigenvalue weighted by atomic mass is 14.0. The topological polar surface area (TPSA) is 36.5 Å². The van der Waals surface area contributed by atoms with E-state index in [-0.39, 0.29) is 98.1 Å². The van der Waals surface area contributed by atoms with E-state index in [9.17, 15) is 0 Å². The molecule has 0 aromatic rings. The van der Waals surface area contributed by atoms with Gasteiger partial charge in [0.05, 0.1) is 0 Å². The predicted octanol–water partition coefficient (Wildman–Crippen LogP) is -14.6. The Morgan fingerprint density at radius 3 is 0.500 bits per heavy atom. The molecular formula is H4Br4IN-4. The highest BCUT2D eigenvalue weighted by Crippen LogP contribution is -0.481. The third kappa shape index (κ3) is 30.5. The minimum absolute atomic E-state index is 0. The summed E-state index contributed by atoms with van der Waals surface area (Å²) < 4.78 is 0. The van der Waals surface area contributed by atoms with E-state index in [1.54, 1.807) is 0 Å². The van der Waals surface area contributed by atoms with Gasteiger partial charge in [0.2, 0.25) is 0 Å². The molecule has 0 aliphatic rings. The lowest BCUT2D eigenvalue weighted by Crippen LogP contribution is -3.00. The first-order valence-electron chi connectivity index (χ1n) is 0. The van der Waals surface area contributed by atoms with Crippen LogP contribution in [0.2, 0.25) is 0 Å². The van der Waals surface area contributed by atoms with Gasteiger partial charge in [-0.25, -0.2) is 0 Å². The van der Waals surface area contributed by atoms with Crippen LogP contribution >= 0.6 is 0 Å². The zero-order valence-corrected chi connectivity index (χ0v) is 11.4. The highest BCUT2D eigenvalue weighted by molar-refractivity contribution is 2.13. The summed E-state index contributed by atoms with van der Waals surface area (Å²) in [5.41, 5.74) is 0. The van der Waals surface area contributed by atoms with Crippen LogP contribution < -0.4 is 98.1 Å². The summed E-state index contributed by atoms with van der Waals surface area (Å²) in [6, 6.07) is 0. The largest absolute Gasteiger partial charge is 1.00 e. The SMILES string of the molecule is [Br-].[Br-].[Br-].[Br-].[I-].[NH4+]. The van der Waals surface area contributed by atoms with Gasteiger partial charge in [0.15, 0.2) is 0 Å². The molecule has 0 saturated heterocycles. The Morgan fingerprint density at radius 1 is 0.500 bits per heavy atom. The van der Waals surface area contributed by atoms with Gasteiger partial charge in [-0.2, -0.15) is 0 Å². The molecule has 48 valence electrons. The average molecular weight is 465 g/mol. The van der Waals surface area contributed by atoms with E-state index in [0.717, 1.165) is 0 Å². The van der Waals surface area contributed by atoms with Crippen molar-refractivity contribution in [2.24, 2.45) is 0 Å². The van der Waals surface area contributed by atoms with E-state index in [2.05, 4.69) is 0 Å². The first kappa shape index (κ1) is 73.2. The molecule has 0 radical (unpaired) electrons. The average Bonchev–Trinajstić information content (AvgIpc) is 0. The molecule has 0 aromatic heterocycles. The van der Waals surface area contributed by atoms with E-state index in [4.69, 9.17) is 0 Å². The first-order valence-corrected chi connectivity index (χ1v) is 0. The molecule has 1 nitrogen and oxygen atoms in total. The summed E-state index contributed by atoms with van der Waals surface area (Å²) in [5, 5.41) is 0. The van der Waals surface area contributed by atoms with Crippen LogP contribution in [0.5, 0.6) is 0 Å². The molecule has 6 heteroatoms. The van der Waals surface area contributed by atoms with E-state index in [1.165, 1.54) is 0 Å². The Labute approximate surface area is 96.7 Å². The number of halogens is 5. The molecule has 0 amide bonds. The third-order valence-electron chi connectivity index (χ3n) is 0. The van der Waals surface area contributed by atoms with Crippen molar-refractivity contribution < 1.29 is 91.9 Å². The summed E-state index contributed by atoms with van der Waals surface area (Å²) in [6.45, 7) is 0. The van der Waals surface area contributed by atoms with Crippen molar-refractivity contribution in [3.63, 3.8) is 0 Å². The van der Waals surface area contributed by atoms with Crippen LogP contribution in [0, 0.1) is 0 Å². The molecule has 0 aromatic carbocycles. The van der Waals surface area contributed by atoms with Crippen LogP contribution in [0.1, 0.15) is 0 Å². The van der Waals surface area contributed by atoms with Gasteiger partial charge < -0.3 is 98.1 Å². The Morgan fingerprint density at radius 2 is 0.500 bits per heavy atom. The number of hydrogen-bond donors (Lipinski definition) is 1. The molecule has 6 heavy (non-hydrogen) atoms. The van der Waals surface area contributed by atoms with Crippen molar-refractivity contribution in [2.75, 3.05) is 0 Å². The molecule has 0 saturated carbocycles. The standard InChI is InChI=1S/4BrH.HI.H3N/h5*1H;1H3/p-4. The second-order valence-corrected chi connectivity index (χ2v) is 0. The minimum atomic E-state index is 0. The maximum atomic E-state index is 0. The van der Waals surface area contributed by atoms with Gasteiger partial charge in [-0.1, -0.05) is 0 Å². The Balaban J connectivity index is 0. The van der Waals surface area contributed by atoms with Crippen LogP contribution in [0.3, 0.4) is 0 Å². The molecule has 0 unspecified atom stereocenters. The molecule has 4 N–H and O–H groups in total. The fraction of sp³-hybridized carbons (Fsp3) is 0. The molecule has 0 bridgehead atoms. The van der Waals surface area contributed by atoms with E-state index in [1.807, 2.05) is 0 Å². The molecular weight excluding hydrogens is 461 g/mol. The minimum Gasteiger partial charge on any atom is -1.00 e. The Bertz CT molecular complexity index is 7.51. The predicted molar refractivity (Wildman–Crippen MR) is 5.98 cm³/mol. The Hall–Kier alpha value is 2.61. The van der Waals surface area contributed by atoms with Gasteiger partial charge in [0.25, 0.3) is 0 Å². The molecule has 0 fully saturated rings. The van der Waals surface area contributed by atoms with Crippen LogP contribution in [-0.4, -0.2) is 0 Å². The number of rotatable bonds is 0. The van der Waals surface area contributed by atoms with Crippen molar-refractivity contribution in [1.29, 1.82) is 0 Å². The fourth-order valence-electron chi connectivity index (χ4n) is 0. The lowest BCUT2D eigenvalue weighted by Gasteiger charge is -1.00. The highest BCUT2D eigenvalue weighted by Gasteiger charge is -0.369. The number of quaternary nitrogens is 1. The normalized spacial score (nSPS) is 0. The lowest BCUT2D eigenvalue weighted by molar-refractivity contribution is -0.00100. The van der Waals surface area contributed by atoms with Crippen molar-refractivity contribution in [2.45, 2.75) is 0 Å². The molecule has 0 heterocycles. The summed E-state index contributed by atoms with van der Waals surface area (Å²) >= 11 is 0. The van der Waals surface area contributed by atoms with Crippen molar-refractivity contribution >= 4 is 0 Å². The fourth-order valence-corrected chi connectivity index (χ4v) is 0. The summed E-state index contributed by atoms with van der Waals surface area (Å²) in [5.74, 6) is 0. The van der Waals surface area contributed by atoms with E-state index < -0.39 is 0 Å². The van der Waals surface area contributed by atoms with Crippen molar-refractivity contribution in [1.82, 2.24) is 6.15 Å². The van der Waals surface area contributed by atoms with Gasteiger partial charge in [0, 0.05) is 0 Å². The monoisotopic (exact) mass is 461 g/mol. The second-order valence-electron chi connectivity index (χ2n) is 0. The summed E-state index contributed by atoms with van der Waals surface area (Å²) in [7, 11) is 0. The molecule has 0 aliphatic carbocycles. The van der Waals surface area contributed by atoms with Gasteiger partial charge in [-0.05, 0) is 0 Å². The first-order chi connectivity index (χ1) is 0. The maximum absolute atomic E-state index is 0.